The fourth-order valence-corrected chi connectivity index (χ4v) is 13.8. The molecule has 320 valence electrons. The van der Waals surface area contributed by atoms with E-state index >= 15 is 0 Å². The van der Waals surface area contributed by atoms with Crippen molar-refractivity contribution in [2.75, 3.05) is 52.4 Å². The summed E-state index contributed by atoms with van der Waals surface area (Å²) in [6.45, 7) is 24.5. The van der Waals surface area contributed by atoms with E-state index in [9.17, 15) is 19.2 Å². The zero-order valence-electron chi connectivity index (χ0n) is 36.8. The van der Waals surface area contributed by atoms with Gasteiger partial charge in [0.05, 0.1) is 23.1 Å². The van der Waals surface area contributed by atoms with Gasteiger partial charge in [0.15, 0.2) is 0 Å². The predicted molar refractivity (Wildman–Crippen MR) is 226 cm³/mol. The van der Waals surface area contributed by atoms with Crippen LogP contribution in [0.3, 0.4) is 0 Å². The molecule has 58 heavy (non-hydrogen) atoms. The molecule has 1 aromatic rings. The van der Waals surface area contributed by atoms with Crippen LogP contribution in [-0.4, -0.2) is 87.2 Å². The Bertz CT molecular complexity index is 1780. The number of esters is 2. The highest BCUT2D eigenvalue weighted by molar-refractivity contribution is 6.03. The molecule has 5 fully saturated rings. The monoisotopic (exact) mass is 801 g/mol. The minimum Gasteiger partial charge on any atom is -0.460 e. The third-order valence-corrected chi connectivity index (χ3v) is 17.3. The van der Waals surface area contributed by atoms with Gasteiger partial charge < -0.3 is 25.4 Å². The zero-order valence-corrected chi connectivity index (χ0v) is 36.8. The van der Waals surface area contributed by atoms with Gasteiger partial charge in [-0.25, -0.2) is 9.59 Å². The predicted octanol–water partition coefficient (Wildman–Crippen LogP) is 7.33. The van der Waals surface area contributed by atoms with Crippen LogP contribution in [0, 0.1) is 50.2 Å². The summed E-state index contributed by atoms with van der Waals surface area (Å²) < 4.78 is 11.8. The van der Waals surface area contributed by atoms with Crippen molar-refractivity contribution in [3.63, 3.8) is 0 Å². The molecule has 6 aliphatic rings. The number of rotatable bonds is 10. The number of carbonyl (C=O) groups excluding carboxylic acids is 4. The van der Waals surface area contributed by atoms with Gasteiger partial charge in [0.2, 0.25) is 11.8 Å². The van der Waals surface area contributed by atoms with Crippen LogP contribution in [0.2, 0.25) is 0 Å². The number of ether oxygens (including phenoxy) is 2. The molecule has 1 heterocycles. The van der Waals surface area contributed by atoms with E-state index in [0.717, 1.165) is 103 Å². The highest BCUT2D eigenvalue weighted by Gasteiger charge is 2.69. The summed E-state index contributed by atoms with van der Waals surface area (Å²) in [7, 11) is 0. The molecule has 1 aliphatic heterocycles. The van der Waals surface area contributed by atoms with Crippen molar-refractivity contribution in [1.29, 1.82) is 0 Å². The summed E-state index contributed by atoms with van der Waals surface area (Å²) in [5.41, 5.74) is 1.71. The van der Waals surface area contributed by atoms with Crippen molar-refractivity contribution in [3.05, 3.63) is 47.0 Å². The second kappa shape index (κ2) is 16.0. The molecule has 0 radical (unpaired) electrons. The molecule has 8 atom stereocenters. The molecule has 7 rings (SSSR count). The smallest absolute Gasteiger partial charge is 0.339 e. The fourth-order valence-electron chi connectivity index (χ4n) is 13.8. The van der Waals surface area contributed by atoms with E-state index in [1.807, 2.05) is 0 Å². The van der Waals surface area contributed by atoms with Gasteiger partial charge in [-0.3, -0.25) is 14.5 Å². The second-order valence-electron chi connectivity index (χ2n) is 21.1. The van der Waals surface area contributed by atoms with Gasteiger partial charge in [0.1, 0.15) is 12.7 Å². The van der Waals surface area contributed by atoms with Crippen LogP contribution in [0.4, 0.5) is 0 Å². The molecule has 3 N–H and O–H groups in total. The third kappa shape index (κ3) is 7.45. The summed E-state index contributed by atoms with van der Waals surface area (Å²) in [6, 6.07) is 6.69. The Labute approximate surface area is 347 Å². The van der Waals surface area contributed by atoms with Crippen molar-refractivity contribution in [2.45, 2.75) is 126 Å². The average Bonchev–Trinajstić information content (AvgIpc) is 3.18. The lowest BCUT2D eigenvalue weighted by Crippen LogP contribution is -2.65. The quantitative estimate of drug-likeness (QED) is 0.128. The molecule has 4 saturated carbocycles. The van der Waals surface area contributed by atoms with Gasteiger partial charge in [-0.15, -0.1) is 0 Å². The first kappa shape index (κ1) is 42.9. The first-order valence-electron chi connectivity index (χ1n) is 22.5. The van der Waals surface area contributed by atoms with Gasteiger partial charge >= 0.3 is 11.9 Å². The third-order valence-electron chi connectivity index (χ3n) is 17.3. The maximum absolute atomic E-state index is 14.5. The Morgan fingerprint density at radius 1 is 0.810 bits per heavy atom. The number of hydrogen-bond donors (Lipinski definition) is 3. The molecule has 10 heteroatoms. The summed E-state index contributed by atoms with van der Waals surface area (Å²) in [5, 5.41) is 9.55. The molecule has 0 aromatic heterocycles. The van der Waals surface area contributed by atoms with E-state index in [2.05, 4.69) is 75.4 Å². The number of nitrogens with zero attached hydrogens (tertiary/aromatic N) is 1. The molecule has 0 bridgehead atoms. The molecular weight excluding hydrogens is 729 g/mol. The van der Waals surface area contributed by atoms with Crippen molar-refractivity contribution in [3.8, 4) is 0 Å². The van der Waals surface area contributed by atoms with Crippen molar-refractivity contribution in [2.24, 2.45) is 50.2 Å². The van der Waals surface area contributed by atoms with Gasteiger partial charge in [-0.05, 0) is 116 Å². The van der Waals surface area contributed by atoms with Crippen LogP contribution in [0.15, 0.2) is 35.9 Å². The Morgan fingerprint density at radius 3 is 2.21 bits per heavy atom. The minimum atomic E-state index is -0.610. The number of benzene rings is 1. The highest BCUT2D eigenvalue weighted by Crippen LogP contribution is 2.76. The molecule has 2 amide bonds. The summed E-state index contributed by atoms with van der Waals surface area (Å²) in [5.74, 6) is 0.0921. The lowest BCUT2D eigenvalue weighted by Gasteiger charge is -2.71. The number of carbonyl (C=O) groups is 4. The molecule has 1 aromatic carbocycles. The normalized spacial score (nSPS) is 36.4. The SMILES string of the molecule is CC(=O)NCCOC(=O)c1ccccc1C(=O)O[C@H]1CC[C@]2(C)[C@H]3CC=C4[C@@H]5CC(C)(C)CC[C@]5(C(=O)NCCN5CCNCC5)CC[C@@]4(C)[C@]3(C)CC[C@H]2C1(C)C. The van der Waals surface area contributed by atoms with E-state index in [1.54, 1.807) is 29.8 Å². The molecular formula is C48H72N4O6. The first-order valence-corrected chi connectivity index (χ1v) is 22.5. The van der Waals surface area contributed by atoms with Crippen LogP contribution in [0.1, 0.15) is 140 Å². The van der Waals surface area contributed by atoms with Crippen molar-refractivity contribution in [1.82, 2.24) is 20.9 Å². The molecule has 5 aliphatic carbocycles. The van der Waals surface area contributed by atoms with Crippen molar-refractivity contribution >= 4 is 23.8 Å². The van der Waals surface area contributed by atoms with Crippen LogP contribution in [-0.2, 0) is 19.1 Å². The Hall–Kier alpha value is -3.24. The number of nitrogens with one attached hydrogen (secondary N) is 3. The van der Waals surface area contributed by atoms with E-state index < -0.39 is 11.9 Å². The molecule has 0 spiro atoms. The number of allylic oxidation sites excluding steroid dienone is 2. The van der Waals surface area contributed by atoms with E-state index in [-0.39, 0.29) is 74.7 Å². The Kier molecular flexibility index (Phi) is 11.8. The van der Waals surface area contributed by atoms with E-state index in [4.69, 9.17) is 9.47 Å². The van der Waals surface area contributed by atoms with Gasteiger partial charge in [0.25, 0.3) is 0 Å². The summed E-state index contributed by atoms with van der Waals surface area (Å²) in [6.07, 6.45) is 12.4. The van der Waals surface area contributed by atoms with E-state index in [0.29, 0.717) is 17.7 Å². The second-order valence-corrected chi connectivity index (χ2v) is 21.1. The molecule has 10 nitrogen and oxygen atoms in total. The standard InChI is InChI=1S/C48H72N4O6/c1-32(53)50-26-30-57-40(54)33-11-9-10-12-34(33)41(55)58-39-16-17-45(6)37(44(39,4)5)15-18-47(8)38(45)14-13-35-36-31-43(2,3)19-21-48(36,22-20-46(35,47)7)42(56)51-25-29-52-27-23-49-24-28-52/h9-13,36-39,49H,14-31H2,1-8H3,(H,50,53)(H,51,56)/t36-,37-,38+,39-,45-,46+,47+,48-/m0/s1. The lowest BCUT2D eigenvalue weighted by molar-refractivity contribution is -0.204. The van der Waals surface area contributed by atoms with Crippen LogP contribution >= 0.6 is 0 Å². The average molecular weight is 801 g/mol. The number of amides is 2. The summed E-state index contributed by atoms with van der Waals surface area (Å²) in [4.78, 5) is 55.2. The topological polar surface area (TPSA) is 126 Å². The molecule has 0 unspecified atom stereocenters. The van der Waals surface area contributed by atoms with Crippen LogP contribution in [0.25, 0.3) is 0 Å². The largest absolute Gasteiger partial charge is 0.460 e. The number of piperazine rings is 1. The number of hydrogen-bond acceptors (Lipinski definition) is 8. The summed E-state index contributed by atoms with van der Waals surface area (Å²) >= 11 is 0. The molecule has 1 saturated heterocycles. The lowest BCUT2D eigenvalue weighted by atomic mass is 9.33. The zero-order chi connectivity index (χ0) is 41.7. The fraction of sp³-hybridized carbons (Fsp3) is 0.750. The Balaban J connectivity index is 1.09. The van der Waals surface area contributed by atoms with Crippen LogP contribution < -0.4 is 16.0 Å². The van der Waals surface area contributed by atoms with Gasteiger partial charge in [-0.2, -0.15) is 0 Å². The maximum atomic E-state index is 14.5. The Morgan fingerprint density at radius 2 is 1.50 bits per heavy atom. The van der Waals surface area contributed by atoms with Crippen molar-refractivity contribution < 1.29 is 28.7 Å². The highest BCUT2D eigenvalue weighted by atomic mass is 16.5. The minimum absolute atomic E-state index is 0.0136. The van der Waals surface area contributed by atoms with E-state index in [1.165, 1.54) is 6.92 Å². The first-order chi connectivity index (χ1) is 27.4. The van der Waals surface area contributed by atoms with Crippen LogP contribution in [0.5, 0.6) is 0 Å². The maximum Gasteiger partial charge on any atom is 0.339 e. The van der Waals surface area contributed by atoms with Gasteiger partial charge in [-0.1, -0.05) is 72.2 Å². The number of fused-ring (bicyclic) bond motifs is 7. The van der Waals surface area contributed by atoms with Gasteiger partial charge in [0, 0.05) is 51.6 Å².